The molecule has 0 aromatic heterocycles. The number of piperidine rings is 1. The lowest BCUT2D eigenvalue weighted by molar-refractivity contribution is -0.384. The van der Waals surface area contributed by atoms with Crippen LogP contribution in [0.5, 0.6) is 0 Å². The average molecular weight is 374 g/mol. The van der Waals surface area contributed by atoms with Gasteiger partial charge in [-0.25, -0.2) is 0 Å². The highest BCUT2D eigenvalue weighted by Crippen LogP contribution is 2.34. The van der Waals surface area contributed by atoms with E-state index < -0.39 is 0 Å². The molecule has 1 amide bonds. The van der Waals surface area contributed by atoms with Gasteiger partial charge in [0.15, 0.2) is 0 Å². The second kappa shape index (κ2) is 8.25. The monoisotopic (exact) mass is 374 g/mol. The van der Waals surface area contributed by atoms with Crippen LogP contribution in [0.4, 0.5) is 11.4 Å². The SMILES string of the molecule is CCN1CCN(C(=O)c2ccc(N3CC(C)CC(C)C3)c([N+](=O)[O-])c2)CC1. The number of amides is 1. The van der Waals surface area contributed by atoms with Gasteiger partial charge in [-0.15, -0.1) is 0 Å². The van der Waals surface area contributed by atoms with Crippen molar-refractivity contribution in [2.24, 2.45) is 11.8 Å². The molecule has 2 fully saturated rings. The van der Waals surface area contributed by atoms with Gasteiger partial charge in [0.25, 0.3) is 11.6 Å². The van der Waals surface area contributed by atoms with Gasteiger partial charge in [0, 0.05) is 50.9 Å². The van der Waals surface area contributed by atoms with Gasteiger partial charge < -0.3 is 14.7 Å². The number of benzene rings is 1. The summed E-state index contributed by atoms with van der Waals surface area (Å²) in [7, 11) is 0. The van der Waals surface area contributed by atoms with Crippen LogP contribution in [0.25, 0.3) is 0 Å². The van der Waals surface area contributed by atoms with Gasteiger partial charge in [0.2, 0.25) is 0 Å². The minimum absolute atomic E-state index is 0.0364. The Morgan fingerprint density at radius 1 is 1.15 bits per heavy atom. The Balaban J connectivity index is 1.81. The first-order valence-corrected chi connectivity index (χ1v) is 9.94. The average Bonchev–Trinajstić information content (AvgIpc) is 2.66. The van der Waals surface area contributed by atoms with E-state index >= 15 is 0 Å². The predicted octanol–water partition coefficient (Wildman–Crippen LogP) is 2.85. The molecular formula is C20H30N4O3. The maximum absolute atomic E-state index is 12.8. The molecule has 7 heteroatoms. The largest absolute Gasteiger partial charge is 0.365 e. The molecule has 2 aliphatic rings. The third-order valence-electron chi connectivity index (χ3n) is 5.74. The second-order valence-corrected chi connectivity index (χ2v) is 8.04. The number of nitrogens with zero attached hydrogens (tertiary/aromatic N) is 4. The van der Waals surface area contributed by atoms with Gasteiger partial charge in [-0.3, -0.25) is 14.9 Å². The van der Waals surface area contributed by atoms with E-state index in [4.69, 9.17) is 0 Å². The van der Waals surface area contributed by atoms with Crippen molar-refractivity contribution in [2.75, 3.05) is 50.7 Å². The molecule has 3 rings (SSSR count). The van der Waals surface area contributed by atoms with Crippen LogP contribution in [0, 0.1) is 22.0 Å². The summed E-state index contributed by atoms with van der Waals surface area (Å²) in [5, 5.41) is 11.7. The number of carbonyl (C=O) groups is 1. The molecular weight excluding hydrogens is 344 g/mol. The molecule has 0 radical (unpaired) electrons. The van der Waals surface area contributed by atoms with Gasteiger partial charge in [-0.2, -0.15) is 0 Å². The van der Waals surface area contributed by atoms with Crippen molar-refractivity contribution in [3.63, 3.8) is 0 Å². The molecule has 2 saturated heterocycles. The fourth-order valence-corrected chi connectivity index (χ4v) is 4.38. The molecule has 2 heterocycles. The maximum Gasteiger partial charge on any atom is 0.293 e. The Kier molecular flexibility index (Phi) is 5.99. The summed E-state index contributed by atoms with van der Waals surface area (Å²) in [6, 6.07) is 4.98. The summed E-state index contributed by atoms with van der Waals surface area (Å²) in [5.41, 5.74) is 1.08. The molecule has 27 heavy (non-hydrogen) atoms. The van der Waals surface area contributed by atoms with Crippen LogP contribution in [0.2, 0.25) is 0 Å². The topological polar surface area (TPSA) is 69.9 Å². The lowest BCUT2D eigenvalue weighted by Crippen LogP contribution is -2.48. The van der Waals surface area contributed by atoms with Crippen molar-refractivity contribution >= 4 is 17.3 Å². The van der Waals surface area contributed by atoms with Crippen molar-refractivity contribution < 1.29 is 9.72 Å². The molecule has 0 saturated carbocycles. The van der Waals surface area contributed by atoms with E-state index in [-0.39, 0.29) is 16.5 Å². The van der Waals surface area contributed by atoms with Gasteiger partial charge in [-0.1, -0.05) is 20.8 Å². The summed E-state index contributed by atoms with van der Waals surface area (Å²) in [6.45, 7) is 12.1. The van der Waals surface area contributed by atoms with Crippen LogP contribution in [-0.4, -0.2) is 66.4 Å². The zero-order chi connectivity index (χ0) is 19.6. The van der Waals surface area contributed by atoms with E-state index in [1.165, 1.54) is 6.07 Å². The quantitative estimate of drug-likeness (QED) is 0.599. The van der Waals surface area contributed by atoms with E-state index in [1.807, 2.05) is 0 Å². The highest BCUT2D eigenvalue weighted by molar-refractivity contribution is 5.96. The van der Waals surface area contributed by atoms with E-state index in [1.54, 1.807) is 17.0 Å². The minimum atomic E-state index is -0.356. The van der Waals surface area contributed by atoms with Crippen molar-refractivity contribution in [3.05, 3.63) is 33.9 Å². The number of nitro groups is 1. The summed E-state index contributed by atoms with van der Waals surface area (Å²) >= 11 is 0. The molecule has 1 aromatic rings. The number of rotatable bonds is 4. The normalized spacial score (nSPS) is 24.1. The second-order valence-electron chi connectivity index (χ2n) is 8.04. The zero-order valence-corrected chi connectivity index (χ0v) is 16.6. The van der Waals surface area contributed by atoms with E-state index in [9.17, 15) is 14.9 Å². The summed E-state index contributed by atoms with van der Waals surface area (Å²) < 4.78 is 0. The summed E-state index contributed by atoms with van der Waals surface area (Å²) in [5.74, 6) is 0.898. The fraction of sp³-hybridized carbons (Fsp3) is 0.650. The molecule has 7 nitrogen and oxygen atoms in total. The highest BCUT2D eigenvalue weighted by atomic mass is 16.6. The van der Waals surface area contributed by atoms with Crippen LogP contribution in [0.15, 0.2) is 18.2 Å². The van der Waals surface area contributed by atoms with Crippen molar-refractivity contribution in [2.45, 2.75) is 27.2 Å². The minimum Gasteiger partial charge on any atom is -0.365 e. The first-order valence-electron chi connectivity index (χ1n) is 9.94. The Morgan fingerprint density at radius 3 is 2.33 bits per heavy atom. The van der Waals surface area contributed by atoms with Crippen LogP contribution >= 0.6 is 0 Å². The Labute approximate surface area is 161 Å². The first-order chi connectivity index (χ1) is 12.9. The third-order valence-corrected chi connectivity index (χ3v) is 5.74. The lowest BCUT2D eigenvalue weighted by Gasteiger charge is -2.36. The molecule has 0 N–H and O–H groups in total. The van der Waals surface area contributed by atoms with Crippen LogP contribution in [0.3, 0.4) is 0 Å². The standard InChI is InChI=1S/C20H30N4O3/c1-4-21-7-9-22(10-8-21)20(25)17-5-6-18(19(12-17)24(26)27)23-13-15(2)11-16(3)14-23/h5-6,12,15-16H,4,7-11,13-14H2,1-3H3. The Hall–Kier alpha value is -2.15. The van der Waals surface area contributed by atoms with Gasteiger partial charge >= 0.3 is 0 Å². The van der Waals surface area contributed by atoms with Crippen LogP contribution in [-0.2, 0) is 0 Å². The molecule has 2 unspecified atom stereocenters. The van der Waals surface area contributed by atoms with Crippen molar-refractivity contribution in [3.8, 4) is 0 Å². The Bertz CT molecular complexity index is 690. The van der Waals surface area contributed by atoms with Crippen molar-refractivity contribution in [1.29, 1.82) is 0 Å². The number of hydrogen-bond acceptors (Lipinski definition) is 5. The molecule has 148 valence electrons. The number of likely N-dealkylation sites (N-methyl/N-ethyl adjacent to an activating group) is 1. The summed E-state index contributed by atoms with van der Waals surface area (Å²) in [6.07, 6.45) is 1.14. The van der Waals surface area contributed by atoms with Gasteiger partial charge in [-0.05, 0) is 36.9 Å². The van der Waals surface area contributed by atoms with Gasteiger partial charge in [0.1, 0.15) is 5.69 Å². The van der Waals surface area contributed by atoms with Crippen LogP contribution in [0.1, 0.15) is 37.6 Å². The lowest BCUT2D eigenvalue weighted by atomic mass is 9.91. The maximum atomic E-state index is 12.8. The summed E-state index contributed by atoms with van der Waals surface area (Å²) in [4.78, 5) is 30.4. The first kappa shape index (κ1) is 19.6. The molecule has 1 aromatic carbocycles. The zero-order valence-electron chi connectivity index (χ0n) is 16.6. The molecule has 0 spiro atoms. The Morgan fingerprint density at radius 2 is 1.78 bits per heavy atom. The smallest absolute Gasteiger partial charge is 0.293 e. The molecule has 2 atom stereocenters. The number of carbonyl (C=O) groups excluding carboxylic acids is 1. The third kappa shape index (κ3) is 4.40. The highest BCUT2D eigenvalue weighted by Gasteiger charge is 2.29. The fourth-order valence-electron chi connectivity index (χ4n) is 4.38. The predicted molar refractivity (Wildman–Crippen MR) is 106 cm³/mol. The van der Waals surface area contributed by atoms with E-state index in [0.717, 1.165) is 39.1 Å². The molecule has 0 bridgehead atoms. The number of nitro benzene ring substituents is 1. The number of hydrogen-bond donors (Lipinski definition) is 0. The van der Waals surface area contributed by atoms with E-state index in [2.05, 4.69) is 30.6 Å². The van der Waals surface area contributed by atoms with Crippen LogP contribution < -0.4 is 4.90 Å². The van der Waals surface area contributed by atoms with Gasteiger partial charge in [0.05, 0.1) is 4.92 Å². The van der Waals surface area contributed by atoms with E-state index in [0.29, 0.717) is 36.2 Å². The molecule has 2 aliphatic heterocycles. The van der Waals surface area contributed by atoms with Crippen molar-refractivity contribution in [1.82, 2.24) is 9.80 Å². The number of anilines is 1. The number of piperazine rings is 1. The molecule has 0 aliphatic carbocycles.